The highest BCUT2D eigenvalue weighted by Crippen LogP contribution is 2.24. The van der Waals surface area contributed by atoms with Gasteiger partial charge in [-0.3, -0.25) is 0 Å². The molecular weight excluding hydrogens is 205 g/mol. The largest absolute Gasteiger partial charge is 0.490 e. The van der Waals surface area contributed by atoms with E-state index in [0.29, 0.717) is 24.5 Å². The number of rotatable bonds is 4. The molecule has 0 bridgehead atoms. The lowest BCUT2D eigenvalue weighted by Gasteiger charge is -2.19. The van der Waals surface area contributed by atoms with Crippen molar-refractivity contribution in [2.75, 3.05) is 6.61 Å². The minimum atomic E-state index is -0.336. The maximum Gasteiger partial charge on any atom is 0.165 e. The summed E-state index contributed by atoms with van der Waals surface area (Å²) in [7, 11) is 0. The topological polar surface area (TPSA) is 35.2 Å². The molecule has 16 heavy (non-hydrogen) atoms. The minimum absolute atomic E-state index is 0.189. The maximum absolute atomic E-state index is 13.5. The second kappa shape index (κ2) is 5.30. The third kappa shape index (κ3) is 3.81. The number of para-hydroxylation sites is 1. The van der Waals surface area contributed by atoms with E-state index in [0.717, 1.165) is 6.42 Å². The predicted octanol–water partition coefficient (Wildman–Crippen LogP) is 3.10. The zero-order chi connectivity index (χ0) is 12.2. The third-order valence-corrected chi connectivity index (χ3v) is 2.37. The second-order valence-corrected chi connectivity index (χ2v) is 5.09. The number of halogens is 1. The van der Waals surface area contributed by atoms with Gasteiger partial charge in [0.2, 0.25) is 0 Å². The number of benzene rings is 1. The molecule has 0 unspecified atom stereocenters. The molecule has 0 heterocycles. The molecule has 0 amide bonds. The molecule has 3 heteroatoms. The van der Waals surface area contributed by atoms with Crippen molar-refractivity contribution >= 4 is 0 Å². The van der Waals surface area contributed by atoms with Crippen molar-refractivity contribution in [3.8, 4) is 5.75 Å². The fourth-order valence-corrected chi connectivity index (χ4v) is 1.34. The van der Waals surface area contributed by atoms with E-state index in [1.54, 1.807) is 12.1 Å². The van der Waals surface area contributed by atoms with Gasteiger partial charge < -0.3 is 10.5 Å². The summed E-state index contributed by atoms with van der Waals surface area (Å²) in [5.41, 5.74) is 6.44. The molecule has 0 fully saturated rings. The van der Waals surface area contributed by atoms with Crippen LogP contribution in [0.2, 0.25) is 0 Å². The first-order chi connectivity index (χ1) is 7.44. The molecule has 0 aliphatic carbocycles. The average molecular weight is 225 g/mol. The molecule has 0 radical (unpaired) electrons. The van der Waals surface area contributed by atoms with Gasteiger partial charge in [-0.2, -0.15) is 0 Å². The standard InChI is InChI=1S/C13H20FNO/c1-13(2,3)7-8-16-12-10(9-15)5-4-6-11(12)14/h4-6H,7-9,15H2,1-3H3. The monoisotopic (exact) mass is 225 g/mol. The summed E-state index contributed by atoms with van der Waals surface area (Å²) in [6.07, 6.45) is 0.880. The van der Waals surface area contributed by atoms with Crippen molar-refractivity contribution in [1.82, 2.24) is 0 Å². The number of hydrogen-bond donors (Lipinski definition) is 1. The molecule has 90 valence electrons. The highest BCUT2D eigenvalue weighted by Gasteiger charge is 2.12. The van der Waals surface area contributed by atoms with E-state index in [9.17, 15) is 4.39 Å². The van der Waals surface area contributed by atoms with Crippen LogP contribution < -0.4 is 10.5 Å². The summed E-state index contributed by atoms with van der Waals surface area (Å²) in [6, 6.07) is 4.83. The Morgan fingerprint density at radius 2 is 2.00 bits per heavy atom. The second-order valence-electron chi connectivity index (χ2n) is 5.09. The zero-order valence-corrected chi connectivity index (χ0v) is 10.2. The van der Waals surface area contributed by atoms with E-state index < -0.39 is 0 Å². The van der Waals surface area contributed by atoms with Crippen LogP contribution in [-0.4, -0.2) is 6.61 Å². The van der Waals surface area contributed by atoms with Gasteiger partial charge in [-0.25, -0.2) is 4.39 Å². The summed E-state index contributed by atoms with van der Waals surface area (Å²) in [5, 5.41) is 0. The first kappa shape index (κ1) is 13.0. The SMILES string of the molecule is CC(C)(C)CCOc1c(F)cccc1CN. The van der Waals surface area contributed by atoms with Crippen LogP contribution in [0.15, 0.2) is 18.2 Å². The minimum Gasteiger partial charge on any atom is -0.490 e. The lowest BCUT2D eigenvalue weighted by Crippen LogP contribution is -2.13. The van der Waals surface area contributed by atoms with Crippen LogP contribution in [0, 0.1) is 11.2 Å². The van der Waals surface area contributed by atoms with E-state index in [-0.39, 0.29) is 11.2 Å². The summed E-state index contributed by atoms with van der Waals surface area (Å²) >= 11 is 0. The maximum atomic E-state index is 13.5. The summed E-state index contributed by atoms with van der Waals surface area (Å²) < 4.78 is 19.0. The molecule has 1 rings (SSSR count). The molecule has 1 aromatic carbocycles. The molecule has 0 aromatic heterocycles. The van der Waals surface area contributed by atoms with Gasteiger partial charge in [0.15, 0.2) is 11.6 Å². The fraction of sp³-hybridized carbons (Fsp3) is 0.538. The van der Waals surface area contributed by atoms with Crippen molar-refractivity contribution in [2.45, 2.75) is 33.7 Å². The smallest absolute Gasteiger partial charge is 0.165 e. The number of hydrogen-bond acceptors (Lipinski definition) is 2. The molecule has 0 atom stereocenters. The summed E-state index contributed by atoms with van der Waals surface area (Å²) in [4.78, 5) is 0. The fourth-order valence-electron chi connectivity index (χ4n) is 1.34. The Bertz CT molecular complexity index is 344. The van der Waals surface area contributed by atoms with Crippen molar-refractivity contribution in [1.29, 1.82) is 0 Å². The first-order valence-corrected chi connectivity index (χ1v) is 5.54. The Hall–Kier alpha value is -1.09. The van der Waals surface area contributed by atoms with Crippen LogP contribution in [0.25, 0.3) is 0 Å². The Kier molecular flexibility index (Phi) is 4.30. The summed E-state index contributed by atoms with van der Waals surface area (Å²) in [6.45, 7) is 7.19. The number of ether oxygens (including phenoxy) is 1. The highest BCUT2D eigenvalue weighted by atomic mass is 19.1. The zero-order valence-electron chi connectivity index (χ0n) is 10.2. The third-order valence-electron chi connectivity index (χ3n) is 2.37. The lowest BCUT2D eigenvalue weighted by molar-refractivity contribution is 0.233. The number of nitrogens with two attached hydrogens (primary N) is 1. The van der Waals surface area contributed by atoms with Gasteiger partial charge in [-0.15, -0.1) is 0 Å². The van der Waals surface area contributed by atoms with E-state index in [4.69, 9.17) is 10.5 Å². The molecule has 0 spiro atoms. The molecule has 0 saturated carbocycles. The average Bonchev–Trinajstić information content (AvgIpc) is 2.18. The summed E-state index contributed by atoms with van der Waals surface area (Å²) in [5.74, 6) is -0.0360. The lowest BCUT2D eigenvalue weighted by atomic mass is 9.93. The Balaban J connectivity index is 2.66. The predicted molar refractivity (Wildman–Crippen MR) is 63.9 cm³/mol. The van der Waals surface area contributed by atoms with Gasteiger partial charge in [0, 0.05) is 12.1 Å². The Labute approximate surface area is 96.6 Å². The van der Waals surface area contributed by atoms with E-state index >= 15 is 0 Å². The van der Waals surface area contributed by atoms with Gasteiger partial charge in [0.25, 0.3) is 0 Å². The molecule has 2 nitrogen and oxygen atoms in total. The van der Waals surface area contributed by atoms with Gasteiger partial charge in [-0.05, 0) is 17.9 Å². The van der Waals surface area contributed by atoms with Crippen LogP contribution in [0.3, 0.4) is 0 Å². The molecule has 0 saturated heterocycles. The molecule has 0 aliphatic rings. The normalized spacial score (nSPS) is 11.6. The van der Waals surface area contributed by atoms with Gasteiger partial charge in [0.05, 0.1) is 6.61 Å². The van der Waals surface area contributed by atoms with Crippen molar-refractivity contribution in [3.63, 3.8) is 0 Å². The Morgan fingerprint density at radius 3 is 2.56 bits per heavy atom. The van der Waals surface area contributed by atoms with Crippen LogP contribution >= 0.6 is 0 Å². The van der Waals surface area contributed by atoms with Gasteiger partial charge >= 0.3 is 0 Å². The van der Waals surface area contributed by atoms with Crippen molar-refractivity contribution in [2.24, 2.45) is 11.1 Å². The molecular formula is C13H20FNO. The van der Waals surface area contributed by atoms with Gasteiger partial charge in [-0.1, -0.05) is 32.9 Å². The molecule has 0 aliphatic heterocycles. The van der Waals surface area contributed by atoms with Crippen LogP contribution in [-0.2, 0) is 6.54 Å². The van der Waals surface area contributed by atoms with Crippen molar-refractivity contribution < 1.29 is 9.13 Å². The van der Waals surface area contributed by atoms with Crippen LogP contribution in [0.4, 0.5) is 4.39 Å². The van der Waals surface area contributed by atoms with Crippen LogP contribution in [0.5, 0.6) is 5.75 Å². The highest BCUT2D eigenvalue weighted by molar-refractivity contribution is 5.34. The first-order valence-electron chi connectivity index (χ1n) is 5.54. The molecule has 1 aromatic rings. The van der Waals surface area contributed by atoms with Crippen molar-refractivity contribution in [3.05, 3.63) is 29.6 Å². The van der Waals surface area contributed by atoms with E-state index in [2.05, 4.69) is 20.8 Å². The van der Waals surface area contributed by atoms with Crippen LogP contribution in [0.1, 0.15) is 32.8 Å². The van der Waals surface area contributed by atoms with E-state index in [1.165, 1.54) is 6.07 Å². The Morgan fingerprint density at radius 1 is 1.31 bits per heavy atom. The van der Waals surface area contributed by atoms with E-state index in [1.807, 2.05) is 0 Å². The molecule has 2 N–H and O–H groups in total. The van der Waals surface area contributed by atoms with Gasteiger partial charge in [0.1, 0.15) is 0 Å². The quantitative estimate of drug-likeness (QED) is 0.854.